The number of anilines is 1. The Labute approximate surface area is 134 Å². The number of rotatable bonds is 4. The average Bonchev–Trinajstić information content (AvgIpc) is 2.76. The Hall–Kier alpha value is -1.60. The van der Waals surface area contributed by atoms with Crippen LogP contribution in [0.15, 0.2) is 24.3 Å². The number of carbonyl (C=O) groups is 2. The van der Waals surface area contributed by atoms with E-state index in [1.165, 1.54) is 9.80 Å². The third-order valence-electron chi connectivity index (χ3n) is 3.45. The van der Waals surface area contributed by atoms with Crippen LogP contribution < -0.4 is 4.90 Å². The SMILES string of the molecule is CN(C)C(=O)c1cccc(N2CC(CS(=O)(=O)Cl)CC2=O)c1. The van der Waals surface area contributed by atoms with Gasteiger partial charge < -0.3 is 9.80 Å². The summed E-state index contributed by atoms with van der Waals surface area (Å²) < 4.78 is 22.3. The molecule has 1 fully saturated rings. The molecule has 0 saturated carbocycles. The lowest BCUT2D eigenvalue weighted by molar-refractivity contribution is -0.117. The summed E-state index contributed by atoms with van der Waals surface area (Å²) in [6.07, 6.45) is 0.137. The van der Waals surface area contributed by atoms with Gasteiger partial charge in [0.2, 0.25) is 15.0 Å². The molecular formula is C14H17ClN2O4S. The lowest BCUT2D eigenvalue weighted by Gasteiger charge is -2.18. The number of carbonyl (C=O) groups excluding carboxylic acids is 2. The average molecular weight is 345 g/mol. The maximum Gasteiger partial charge on any atom is 0.253 e. The van der Waals surface area contributed by atoms with Crippen LogP contribution in [0.5, 0.6) is 0 Å². The summed E-state index contributed by atoms with van der Waals surface area (Å²) in [6, 6.07) is 6.73. The monoisotopic (exact) mass is 344 g/mol. The Morgan fingerprint density at radius 1 is 1.41 bits per heavy atom. The first-order chi connectivity index (χ1) is 10.2. The molecular weight excluding hydrogens is 328 g/mol. The molecule has 1 unspecified atom stereocenters. The van der Waals surface area contributed by atoms with Crippen LogP contribution in [-0.2, 0) is 13.8 Å². The van der Waals surface area contributed by atoms with Gasteiger partial charge in [-0.1, -0.05) is 6.07 Å². The summed E-state index contributed by atoms with van der Waals surface area (Å²) in [4.78, 5) is 27.0. The van der Waals surface area contributed by atoms with Gasteiger partial charge >= 0.3 is 0 Å². The summed E-state index contributed by atoms with van der Waals surface area (Å²) in [5.74, 6) is -0.885. The lowest BCUT2D eigenvalue weighted by Crippen LogP contribution is -2.26. The summed E-state index contributed by atoms with van der Waals surface area (Å²) >= 11 is 0. The summed E-state index contributed by atoms with van der Waals surface area (Å²) in [7, 11) is 4.91. The van der Waals surface area contributed by atoms with E-state index in [4.69, 9.17) is 10.7 Å². The third kappa shape index (κ3) is 3.98. The highest BCUT2D eigenvalue weighted by Crippen LogP contribution is 2.27. The normalized spacial score (nSPS) is 18.6. The zero-order chi connectivity index (χ0) is 16.5. The fraction of sp³-hybridized carbons (Fsp3) is 0.429. The Kier molecular flexibility index (Phi) is 4.77. The molecule has 1 atom stereocenters. The number of hydrogen-bond donors (Lipinski definition) is 0. The van der Waals surface area contributed by atoms with Crippen molar-refractivity contribution < 1.29 is 18.0 Å². The minimum Gasteiger partial charge on any atom is -0.345 e. The van der Waals surface area contributed by atoms with E-state index in [0.29, 0.717) is 11.3 Å². The van der Waals surface area contributed by atoms with Gasteiger partial charge in [-0.3, -0.25) is 9.59 Å². The quantitative estimate of drug-likeness (QED) is 0.772. The van der Waals surface area contributed by atoms with Crippen molar-refractivity contribution in [1.82, 2.24) is 4.90 Å². The molecule has 1 aliphatic heterocycles. The Bertz CT molecular complexity index is 703. The Balaban J connectivity index is 2.20. The molecule has 0 aromatic heterocycles. The van der Waals surface area contributed by atoms with E-state index >= 15 is 0 Å². The van der Waals surface area contributed by atoms with Crippen LogP contribution in [0, 0.1) is 5.92 Å². The third-order valence-corrected chi connectivity index (χ3v) is 4.70. The van der Waals surface area contributed by atoms with Crippen molar-refractivity contribution in [3.8, 4) is 0 Å². The first-order valence-corrected chi connectivity index (χ1v) is 9.19. The largest absolute Gasteiger partial charge is 0.345 e. The molecule has 8 heteroatoms. The molecule has 0 spiro atoms. The topological polar surface area (TPSA) is 74.8 Å². The van der Waals surface area contributed by atoms with Crippen LogP contribution in [-0.4, -0.2) is 51.5 Å². The molecule has 1 aromatic rings. The molecule has 1 aromatic carbocycles. The number of hydrogen-bond acceptors (Lipinski definition) is 4. The first kappa shape index (κ1) is 16.8. The van der Waals surface area contributed by atoms with Crippen LogP contribution in [0.25, 0.3) is 0 Å². The molecule has 0 bridgehead atoms. The van der Waals surface area contributed by atoms with Crippen molar-refractivity contribution in [1.29, 1.82) is 0 Å². The second-order valence-electron chi connectivity index (χ2n) is 5.53. The van der Waals surface area contributed by atoms with Crippen molar-refractivity contribution in [2.45, 2.75) is 6.42 Å². The molecule has 0 N–H and O–H groups in total. The van der Waals surface area contributed by atoms with E-state index in [9.17, 15) is 18.0 Å². The molecule has 1 heterocycles. The van der Waals surface area contributed by atoms with Gasteiger partial charge in [0.1, 0.15) is 0 Å². The predicted octanol–water partition coefficient (Wildman–Crippen LogP) is 1.31. The molecule has 6 nitrogen and oxygen atoms in total. The summed E-state index contributed by atoms with van der Waals surface area (Å²) in [5, 5.41) is 0. The first-order valence-electron chi connectivity index (χ1n) is 6.72. The van der Waals surface area contributed by atoms with Gasteiger partial charge in [0, 0.05) is 54.9 Å². The second-order valence-corrected chi connectivity index (χ2v) is 8.35. The van der Waals surface area contributed by atoms with E-state index in [2.05, 4.69) is 0 Å². The number of benzene rings is 1. The van der Waals surface area contributed by atoms with Crippen LogP contribution >= 0.6 is 10.7 Å². The van der Waals surface area contributed by atoms with E-state index < -0.39 is 9.05 Å². The number of nitrogens with zero attached hydrogens (tertiary/aromatic N) is 2. The number of halogens is 1. The summed E-state index contributed by atoms with van der Waals surface area (Å²) in [6.45, 7) is 0.282. The fourth-order valence-corrected chi connectivity index (χ4v) is 3.81. The number of amides is 2. The van der Waals surface area contributed by atoms with Gasteiger partial charge in [0.05, 0.1) is 5.75 Å². The maximum absolute atomic E-state index is 12.1. The van der Waals surface area contributed by atoms with Crippen LogP contribution in [0.1, 0.15) is 16.8 Å². The molecule has 120 valence electrons. The van der Waals surface area contributed by atoms with Crippen molar-refractivity contribution in [2.24, 2.45) is 5.92 Å². The van der Waals surface area contributed by atoms with E-state index in [1.54, 1.807) is 38.4 Å². The molecule has 0 radical (unpaired) electrons. The zero-order valence-electron chi connectivity index (χ0n) is 12.3. The van der Waals surface area contributed by atoms with Gasteiger partial charge in [-0.05, 0) is 18.2 Å². The van der Waals surface area contributed by atoms with Gasteiger partial charge in [-0.15, -0.1) is 0 Å². The van der Waals surface area contributed by atoms with E-state index in [0.717, 1.165) is 0 Å². The van der Waals surface area contributed by atoms with Crippen molar-refractivity contribution in [2.75, 3.05) is 31.3 Å². The molecule has 1 aliphatic rings. The fourth-order valence-electron chi connectivity index (χ4n) is 2.49. The highest BCUT2D eigenvalue weighted by Gasteiger charge is 2.33. The summed E-state index contributed by atoms with van der Waals surface area (Å²) in [5.41, 5.74) is 1.07. The van der Waals surface area contributed by atoms with Gasteiger partial charge in [0.15, 0.2) is 0 Å². The predicted molar refractivity (Wildman–Crippen MR) is 84.6 cm³/mol. The maximum atomic E-state index is 12.1. The van der Waals surface area contributed by atoms with Gasteiger partial charge in [-0.25, -0.2) is 8.42 Å². The highest BCUT2D eigenvalue weighted by molar-refractivity contribution is 8.13. The zero-order valence-corrected chi connectivity index (χ0v) is 13.9. The van der Waals surface area contributed by atoms with Crippen LogP contribution in [0.3, 0.4) is 0 Å². The standard InChI is InChI=1S/C14H17ClN2O4S/c1-16(2)14(19)11-4-3-5-12(7-11)17-8-10(6-13(17)18)9-22(15,20)21/h3-5,7,10H,6,8-9H2,1-2H3. The van der Waals surface area contributed by atoms with Crippen molar-refractivity contribution in [3.63, 3.8) is 0 Å². The molecule has 22 heavy (non-hydrogen) atoms. The van der Waals surface area contributed by atoms with Gasteiger partial charge in [-0.2, -0.15) is 0 Å². The minimum atomic E-state index is -3.64. The lowest BCUT2D eigenvalue weighted by atomic mass is 10.1. The van der Waals surface area contributed by atoms with E-state index in [1.807, 2.05) is 0 Å². The molecule has 1 saturated heterocycles. The molecule has 2 rings (SSSR count). The van der Waals surface area contributed by atoms with Crippen molar-refractivity contribution in [3.05, 3.63) is 29.8 Å². The van der Waals surface area contributed by atoms with Crippen LogP contribution in [0.2, 0.25) is 0 Å². The molecule has 0 aliphatic carbocycles. The highest BCUT2D eigenvalue weighted by atomic mass is 35.7. The molecule has 2 amide bonds. The van der Waals surface area contributed by atoms with Crippen LogP contribution in [0.4, 0.5) is 5.69 Å². The van der Waals surface area contributed by atoms with Gasteiger partial charge in [0.25, 0.3) is 5.91 Å². The Morgan fingerprint density at radius 3 is 2.68 bits per heavy atom. The Morgan fingerprint density at radius 2 is 2.09 bits per heavy atom. The smallest absolute Gasteiger partial charge is 0.253 e. The minimum absolute atomic E-state index is 0.137. The van der Waals surface area contributed by atoms with Crippen molar-refractivity contribution >= 4 is 37.2 Å². The van der Waals surface area contributed by atoms with E-state index in [-0.39, 0.29) is 36.5 Å². The second kappa shape index (κ2) is 6.26.